The Bertz CT molecular complexity index is 563. The van der Waals surface area contributed by atoms with Crippen LogP contribution in [0.3, 0.4) is 0 Å². The molecule has 2 atom stereocenters. The summed E-state index contributed by atoms with van der Waals surface area (Å²) in [6, 6.07) is 0. The van der Waals surface area contributed by atoms with E-state index in [1.807, 2.05) is 0 Å². The number of carbonyl (C=O) groups excluding carboxylic acids is 2. The molecule has 4 heteroatoms. The van der Waals surface area contributed by atoms with Gasteiger partial charge in [0.1, 0.15) is 5.60 Å². The lowest BCUT2D eigenvalue weighted by Crippen LogP contribution is -2.62. The fourth-order valence-electron chi connectivity index (χ4n) is 6.49. The summed E-state index contributed by atoms with van der Waals surface area (Å²) in [5, 5.41) is 0. The molecule has 27 heavy (non-hydrogen) atoms. The molecule has 0 aliphatic heterocycles. The van der Waals surface area contributed by atoms with Gasteiger partial charge in [-0.05, 0) is 80.5 Å². The highest BCUT2D eigenvalue weighted by atomic mass is 16.6. The second-order valence-corrected chi connectivity index (χ2v) is 10.0. The van der Waals surface area contributed by atoms with Crippen LogP contribution in [0.4, 0.5) is 0 Å². The first kappa shape index (κ1) is 20.4. The van der Waals surface area contributed by atoms with Crippen molar-refractivity contribution in [3.05, 3.63) is 12.7 Å². The predicted molar refractivity (Wildman–Crippen MR) is 105 cm³/mol. The van der Waals surface area contributed by atoms with Crippen molar-refractivity contribution >= 4 is 11.9 Å². The molecule has 0 aromatic carbocycles. The molecule has 0 aromatic heterocycles. The third-order valence-electron chi connectivity index (χ3n) is 7.10. The highest BCUT2D eigenvalue weighted by Crippen LogP contribution is 2.65. The van der Waals surface area contributed by atoms with Crippen LogP contribution in [0.5, 0.6) is 0 Å². The van der Waals surface area contributed by atoms with E-state index in [2.05, 4.69) is 27.4 Å². The van der Waals surface area contributed by atoms with Crippen molar-refractivity contribution in [3.63, 3.8) is 0 Å². The Morgan fingerprint density at radius 2 is 1.81 bits per heavy atom. The van der Waals surface area contributed by atoms with E-state index < -0.39 is 5.97 Å². The molecule has 0 aromatic rings. The maximum atomic E-state index is 12.7. The average Bonchev–Trinajstić information content (AvgIpc) is 2.57. The fraction of sp³-hybridized carbons (Fsp3) is 0.826. The summed E-state index contributed by atoms with van der Waals surface area (Å²) in [6.07, 6.45) is 10.2. The van der Waals surface area contributed by atoms with Crippen molar-refractivity contribution in [2.45, 2.75) is 84.2 Å². The fourth-order valence-corrected chi connectivity index (χ4v) is 6.49. The highest BCUT2D eigenvalue weighted by molar-refractivity contribution is 5.81. The molecule has 2 unspecified atom stereocenters. The summed E-state index contributed by atoms with van der Waals surface area (Å²) in [4.78, 5) is 23.8. The van der Waals surface area contributed by atoms with E-state index in [0.29, 0.717) is 49.0 Å². The Morgan fingerprint density at radius 1 is 1.15 bits per heavy atom. The lowest BCUT2D eigenvalue weighted by Gasteiger charge is -2.64. The molecule has 0 radical (unpaired) electrons. The van der Waals surface area contributed by atoms with Gasteiger partial charge in [0.15, 0.2) is 0 Å². The van der Waals surface area contributed by atoms with Crippen molar-refractivity contribution in [2.75, 3.05) is 6.61 Å². The third-order valence-corrected chi connectivity index (χ3v) is 7.10. The Labute approximate surface area is 164 Å². The van der Waals surface area contributed by atoms with E-state index >= 15 is 0 Å². The Balaban J connectivity index is 1.58. The van der Waals surface area contributed by atoms with Crippen LogP contribution in [0.25, 0.3) is 0 Å². The van der Waals surface area contributed by atoms with Gasteiger partial charge in [-0.25, -0.2) is 4.79 Å². The van der Waals surface area contributed by atoms with E-state index in [4.69, 9.17) is 9.47 Å². The molecule has 4 saturated carbocycles. The molecule has 4 rings (SSSR count). The van der Waals surface area contributed by atoms with E-state index in [1.54, 1.807) is 0 Å². The van der Waals surface area contributed by atoms with Gasteiger partial charge in [0.2, 0.25) is 0 Å². The molecule has 4 aliphatic carbocycles. The van der Waals surface area contributed by atoms with Gasteiger partial charge in [0.05, 0.1) is 6.61 Å². The van der Waals surface area contributed by atoms with E-state index in [9.17, 15) is 9.59 Å². The van der Waals surface area contributed by atoms with Crippen molar-refractivity contribution in [3.8, 4) is 0 Å². The van der Waals surface area contributed by atoms with Crippen LogP contribution in [-0.4, -0.2) is 24.1 Å². The van der Waals surface area contributed by atoms with Gasteiger partial charge in [-0.15, -0.1) is 0 Å². The van der Waals surface area contributed by atoms with Crippen molar-refractivity contribution in [2.24, 2.45) is 29.1 Å². The predicted octanol–water partition coefficient (Wildman–Crippen LogP) is 5.06. The molecule has 152 valence electrons. The Hall–Kier alpha value is -1.32. The maximum Gasteiger partial charge on any atom is 0.330 e. The normalized spacial score (nSPS) is 36.7. The maximum absolute atomic E-state index is 12.7. The molecule has 4 aliphatic rings. The van der Waals surface area contributed by atoms with Crippen LogP contribution < -0.4 is 0 Å². The van der Waals surface area contributed by atoms with Gasteiger partial charge < -0.3 is 9.47 Å². The van der Waals surface area contributed by atoms with Crippen LogP contribution in [0.1, 0.15) is 78.6 Å². The zero-order chi connectivity index (χ0) is 19.7. The first-order chi connectivity index (χ1) is 12.8. The van der Waals surface area contributed by atoms with Crippen LogP contribution in [0, 0.1) is 29.1 Å². The molecule has 4 bridgehead atoms. The average molecular weight is 377 g/mol. The summed E-state index contributed by atoms with van der Waals surface area (Å²) >= 11 is 0. The van der Waals surface area contributed by atoms with Crippen LogP contribution in [0.15, 0.2) is 12.7 Å². The SMILES string of the molecule is C=CC(=O)OCCCCC(=O)OC1(CC(C)C)C2CC3CC1CC(C)(C3)C2. The molecular formula is C23H36O4. The Kier molecular flexibility index (Phi) is 6.02. The van der Waals surface area contributed by atoms with E-state index in [0.717, 1.165) is 18.4 Å². The standard InChI is InChI=1S/C23H36O4/c1-5-20(24)26-9-7-6-8-21(25)27-23(12-16(2)3)18-10-17-11-19(23)15-22(4,13-17)14-18/h5,16-19H,1,6-15H2,2-4H3. The topological polar surface area (TPSA) is 52.6 Å². The molecule has 4 fully saturated rings. The summed E-state index contributed by atoms with van der Waals surface area (Å²) in [5.41, 5.74) is 0.232. The smallest absolute Gasteiger partial charge is 0.330 e. The van der Waals surface area contributed by atoms with Gasteiger partial charge in [-0.2, -0.15) is 0 Å². The quantitative estimate of drug-likeness (QED) is 0.321. The van der Waals surface area contributed by atoms with Crippen LogP contribution >= 0.6 is 0 Å². The minimum Gasteiger partial charge on any atom is -0.463 e. The summed E-state index contributed by atoms with van der Waals surface area (Å²) in [7, 11) is 0. The molecule has 0 amide bonds. The van der Waals surface area contributed by atoms with E-state index in [1.165, 1.54) is 32.1 Å². The second kappa shape index (κ2) is 7.97. The first-order valence-corrected chi connectivity index (χ1v) is 10.8. The zero-order valence-electron chi connectivity index (χ0n) is 17.3. The van der Waals surface area contributed by atoms with Gasteiger partial charge in [0, 0.05) is 12.5 Å². The summed E-state index contributed by atoms with van der Waals surface area (Å²) < 4.78 is 11.3. The number of hydrogen-bond donors (Lipinski definition) is 0. The second-order valence-electron chi connectivity index (χ2n) is 10.0. The van der Waals surface area contributed by atoms with Gasteiger partial charge >= 0.3 is 11.9 Å². The number of ether oxygens (including phenoxy) is 2. The van der Waals surface area contributed by atoms with E-state index in [-0.39, 0.29) is 11.6 Å². The molecular weight excluding hydrogens is 340 g/mol. The number of rotatable bonds is 9. The third kappa shape index (κ3) is 4.41. The molecule has 0 N–H and O–H groups in total. The minimum atomic E-state index is -0.407. The van der Waals surface area contributed by atoms with Gasteiger partial charge in [-0.3, -0.25) is 4.79 Å². The molecule has 0 spiro atoms. The van der Waals surface area contributed by atoms with Gasteiger partial charge in [0.25, 0.3) is 0 Å². The zero-order valence-corrected chi connectivity index (χ0v) is 17.3. The molecule has 0 heterocycles. The molecule has 0 saturated heterocycles. The lowest BCUT2D eigenvalue weighted by molar-refractivity contribution is -0.228. The van der Waals surface area contributed by atoms with Crippen LogP contribution in [0.2, 0.25) is 0 Å². The monoisotopic (exact) mass is 376 g/mol. The number of unbranched alkanes of at least 4 members (excludes halogenated alkanes) is 1. The van der Waals surface area contributed by atoms with Crippen molar-refractivity contribution < 1.29 is 19.1 Å². The number of hydrogen-bond acceptors (Lipinski definition) is 4. The highest BCUT2D eigenvalue weighted by Gasteiger charge is 2.62. The first-order valence-electron chi connectivity index (χ1n) is 10.8. The van der Waals surface area contributed by atoms with Crippen molar-refractivity contribution in [1.82, 2.24) is 0 Å². The Morgan fingerprint density at radius 3 is 2.37 bits per heavy atom. The van der Waals surface area contributed by atoms with Gasteiger partial charge in [-0.1, -0.05) is 27.4 Å². The van der Waals surface area contributed by atoms with Crippen molar-refractivity contribution in [1.29, 1.82) is 0 Å². The minimum absolute atomic E-state index is 0.0664. The largest absolute Gasteiger partial charge is 0.463 e. The lowest BCUT2D eigenvalue weighted by atomic mass is 9.44. The number of carbonyl (C=O) groups is 2. The molecule has 4 nitrogen and oxygen atoms in total. The number of esters is 2. The summed E-state index contributed by atoms with van der Waals surface area (Å²) in [6.45, 7) is 10.7. The van der Waals surface area contributed by atoms with Crippen LogP contribution in [-0.2, 0) is 19.1 Å². The summed E-state index contributed by atoms with van der Waals surface area (Å²) in [5.74, 6) is 1.97.